The quantitative estimate of drug-likeness (QED) is 0.703. The zero-order valence-electron chi connectivity index (χ0n) is 15.1. The third-order valence-electron chi connectivity index (χ3n) is 5.08. The highest BCUT2D eigenvalue weighted by Gasteiger charge is 2.46. The fourth-order valence-electron chi connectivity index (χ4n) is 3.74. The Morgan fingerprint density at radius 1 is 1.00 bits per heavy atom. The van der Waals surface area contributed by atoms with Crippen LogP contribution in [-0.4, -0.2) is 17.8 Å². The molecule has 2 heterocycles. The summed E-state index contributed by atoms with van der Waals surface area (Å²) in [7, 11) is 0. The van der Waals surface area contributed by atoms with Gasteiger partial charge in [0.1, 0.15) is 5.69 Å². The minimum atomic E-state index is -0.592. The summed E-state index contributed by atoms with van der Waals surface area (Å²) in [5.74, 6) is 0.409. The van der Waals surface area contributed by atoms with Gasteiger partial charge >= 0.3 is 5.91 Å². The minimum Gasteiger partial charge on any atom is -0.272 e. The Morgan fingerprint density at radius 2 is 1.64 bits per heavy atom. The molecule has 2 aromatic rings. The van der Waals surface area contributed by atoms with Gasteiger partial charge in [-0.1, -0.05) is 60.1 Å². The lowest BCUT2D eigenvalue weighted by atomic mass is 9.96. The first-order valence-corrected chi connectivity index (χ1v) is 10.5. The highest BCUT2D eigenvalue weighted by Crippen LogP contribution is 2.38. The van der Waals surface area contributed by atoms with E-state index in [1.807, 2.05) is 35.2 Å². The second-order valence-electron chi connectivity index (χ2n) is 7.03. The lowest BCUT2D eigenvalue weighted by Crippen LogP contribution is -2.46. The third kappa shape index (κ3) is 3.84. The van der Waals surface area contributed by atoms with E-state index in [2.05, 4.69) is 5.43 Å². The second-order valence-corrected chi connectivity index (χ2v) is 8.29. The number of rotatable bonds is 3. The number of aliphatic imine (C=N–C) groups is 1. The smallest absolute Gasteiger partial charge is 0.272 e. The number of carbonyl (C=O) groups excluding carboxylic acids is 1. The molecule has 1 amide bonds. The number of hydrazine groups is 1. The molecule has 0 radical (unpaired) electrons. The molecule has 1 aromatic carbocycles. The number of nitrogens with one attached hydrogen (secondary N) is 1. The van der Waals surface area contributed by atoms with Gasteiger partial charge in [-0.2, -0.15) is 4.57 Å². The highest BCUT2D eigenvalue weighted by atomic mass is 35.5. The van der Waals surface area contributed by atoms with Crippen molar-refractivity contribution in [3.63, 3.8) is 0 Å². The third-order valence-corrected chi connectivity index (χ3v) is 5.87. The fraction of sp³-hybridized carbons (Fsp3) is 0.350. The number of aromatic nitrogens is 1. The predicted molar refractivity (Wildman–Crippen MR) is 112 cm³/mol. The Bertz CT molecular complexity index is 890. The standard InChI is InChI=1S/C20H20Cl3N4O/c21-13-11-15(22)17(16(23)12-13)27-20(28)18(26-9-5-2-6-10-26)19(25-27)24-14-7-3-1-4-8-14/h2,5-6,9-12,14,18H,1,3-4,7-8H2,(H,24,25)/q+1. The Balaban J connectivity index is 1.75. The molecule has 1 N–H and O–H groups in total. The predicted octanol–water partition coefficient (Wildman–Crippen LogP) is 4.76. The van der Waals surface area contributed by atoms with Crippen LogP contribution >= 0.6 is 34.8 Å². The number of carbonyl (C=O) groups is 1. The number of nitrogens with zero attached hydrogens (tertiary/aromatic N) is 3. The molecule has 2 aliphatic rings. The van der Waals surface area contributed by atoms with E-state index < -0.39 is 6.04 Å². The number of amidine groups is 1. The average Bonchev–Trinajstić information content (AvgIpc) is 2.98. The van der Waals surface area contributed by atoms with Crippen molar-refractivity contribution in [3.05, 3.63) is 57.8 Å². The molecule has 1 aliphatic heterocycles. The summed E-state index contributed by atoms with van der Waals surface area (Å²) in [6.07, 6.45) is 9.35. The van der Waals surface area contributed by atoms with E-state index in [0.29, 0.717) is 26.6 Å². The van der Waals surface area contributed by atoms with Crippen molar-refractivity contribution < 1.29 is 9.36 Å². The van der Waals surface area contributed by atoms with Gasteiger partial charge in [0, 0.05) is 17.2 Å². The lowest BCUT2D eigenvalue weighted by Gasteiger charge is -2.20. The molecule has 1 aromatic heterocycles. The van der Waals surface area contributed by atoms with Crippen LogP contribution < -0.4 is 15.0 Å². The number of amides is 1. The van der Waals surface area contributed by atoms with Gasteiger partial charge in [-0.05, 0) is 25.0 Å². The van der Waals surface area contributed by atoms with Crippen LogP contribution in [0.3, 0.4) is 0 Å². The first-order valence-electron chi connectivity index (χ1n) is 9.33. The van der Waals surface area contributed by atoms with E-state index >= 15 is 0 Å². The van der Waals surface area contributed by atoms with Crippen molar-refractivity contribution in [1.29, 1.82) is 0 Å². The van der Waals surface area contributed by atoms with E-state index in [-0.39, 0.29) is 11.9 Å². The van der Waals surface area contributed by atoms with Gasteiger partial charge < -0.3 is 0 Å². The van der Waals surface area contributed by atoms with E-state index in [4.69, 9.17) is 39.8 Å². The maximum Gasteiger partial charge on any atom is 0.323 e. The van der Waals surface area contributed by atoms with Crippen LogP contribution in [-0.2, 0) is 4.79 Å². The molecule has 28 heavy (non-hydrogen) atoms. The summed E-state index contributed by atoms with van der Waals surface area (Å²) in [5, 5.41) is 2.39. The zero-order valence-corrected chi connectivity index (χ0v) is 17.4. The molecule has 0 spiro atoms. The van der Waals surface area contributed by atoms with Gasteiger partial charge in [0.05, 0.1) is 16.1 Å². The van der Waals surface area contributed by atoms with E-state index in [1.54, 1.807) is 12.1 Å². The van der Waals surface area contributed by atoms with Crippen molar-refractivity contribution in [2.75, 3.05) is 5.01 Å². The van der Waals surface area contributed by atoms with Crippen LogP contribution in [0.4, 0.5) is 5.69 Å². The summed E-state index contributed by atoms with van der Waals surface area (Å²) >= 11 is 18.8. The molecule has 2 fully saturated rings. The molecule has 5 nitrogen and oxygen atoms in total. The number of halogens is 3. The first-order chi connectivity index (χ1) is 13.5. The molecule has 1 unspecified atom stereocenters. The average molecular weight is 439 g/mol. The van der Waals surface area contributed by atoms with Gasteiger partial charge in [0.15, 0.2) is 18.2 Å². The molecular formula is C20H20Cl3N4O+. The van der Waals surface area contributed by atoms with Crippen LogP contribution in [0.25, 0.3) is 0 Å². The van der Waals surface area contributed by atoms with Crippen LogP contribution in [0.5, 0.6) is 0 Å². The molecule has 4 rings (SSSR count). The normalized spacial score (nSPS) is 22.0. The summed E-state index contributed by atoms with van der Waals surface area (Å²) in [5.41, 5.74) is 3.54. The molecule has 1 atom stereocenters. The Morgan fingerprint density at radius 3 is 2.29 bits per heavy atom. The summed E-state index contributed by atoms with van der Waals surface area (Å²) in [4.78, 5) is 18.3. The second kappa shape index (κ2) is 8.27. The van der Waals surface area contributed by atoms with E-state index in [9.17, 15) is 4.79 Å². The monoisotopic (exact) mass is 437 g/mol. The van der Waals surface area contributed by atoms with Crippen molar-refractivity contribution in [2.24, 2.45) is 4.99 Å². The first kappa shape index (κ1) is 19.5. The number of pyridine rings is 1. The number of anilines is 1. The van der Waals surface area contributed by atoms with Gasteiger partial charge in [0.2, 0.25) is 0 Å². The summed E-state index contributed by atoms with van der Waals surface area (Å²) in [6.45, 7) is 0. The van der Waals surface area contributed by atoms with E-state index in [1.165, 1.54) is 11.4 Å². The molecule has 1 aliphatic carbocycles. The van der Waals surface area contributed by atoms with Crippen LogP contribution in [0, 0.1) is 0 Å². The topological polar surface area (TPSA) is 48.6 Å². The molecule has 1 saturated carbocycles. The zero-order chi connectivity index (χ0) is 19.7. The van der Waals surface area contributed by atoms with Gasteiger partial charge in [-0.15, -0.1) is 0 Å². The summed E-state index contributed by atoms with van der Waals surface area (Å²) < 4.78 is 1.84. The van der Waals surface area contributed by atoms with Crippen molar-refractivity contribution in [2.45, 2.75) is 44.2 Å². The van der Waals surface area contributed by atoms with Crippen molar-refractivity contribution >= 4 is 52.2 Å². The fourth-order valence-corrected chi connectivity index (χ4v) is 4.73. The van der Waals surface area contributed by atoms with Crippen molar-refractivity contribution in [1.82, 2.24) is 5.43 Å². The molecule has 146 valence electrons. The van der Waals surface area contributed by atoms with Crippen LogP contribution in [0.1, 0.15) is 38.1 Å². The van der Waals surface area contributed by atoms with Crippen LogP contribution in [0.15, 0.2) is 47.7 Å². The molecule has 0 bridgehead atoms. The lowest BCUT2D eigenvalue weighted by molar-refractivity contribution is -0.693. The van der Waals surface area contributed by atoms with Gasteiger partial charge in [0.25, 0.3) is 6.04 Å². The number of hydrogen-bond donors (Lipinski definition) is 1. The van der Waals surface area contributed by atoms with Gasteiger partial charge in [-0.25, -0.2) is 5.01 Å². The Hall–Kier alpha value is -1.82. The maximum absolute atomic E-state index is 13.4. The van der Waals surface area contributed by atoms with Crippen LogP contribution in [0.2, 0.25) is 15.1 Å². The maximum atomic E-state index is 13.4. The summed E-state index contributed by atoms with van der Waals surface area (Å²) in [6, 6.07) is 8.44. The Labute approximate surface area is 178 Å². The number of hydrogen-bond acceptors (Lipinski definition) is 2. The van der Waals surface area contributed by atoms with E-state index in [0.717, 1.165) is 25.7 Å². The minimum absolute atomic E-state index is 0.197. The SMILES string of the molecule is O=C1C([n+]2ccccc2)C(=NC2CCCCC2)NN1c1c(Cl)cc(Cl)cc1Cl. The molecule has 1 saturated heterocycles. The largest absolute Gasteiger partial charge is 0.323 e. The number of benzene rings is 1. The Kier molecular flexibility index (Phi) is 5.76. The van der Waals surface area contributed by atoms with Crippen molar-refractivity contribution in [3.8, 4) is 0 Å². The van der Waals surface area contributed by atoms with Gasteiger partial charge in [-0.3, -0.25) is 15.2 Å². The molecular weight excluding hydrogens is 419 g/mol. The molecule has 8 heteroatoms. The highest BCUT2D eigenvalue weighted by molar-refractivity contribution is 6.42.